The summed E-state index contributed by atoms with van der Waals surface area (Å²) >= 11 is 1.06. The molecule has 0 aliphatic rings. The zero-order chi connectivity index (χ0) is 8.48. The van der Waals surface area contributed by atoms with Gasteiger partial charge in [-0.25, -0.2) is 0 Å². The Morgan fingerprint density at radius 2 is 2.00 bits per heavy atom. The molecule has 0 unspecified atom stereocenters. The predicted octanol–water partition coefficient (Wildman–Crippen LogP) is 1.83. The molecular formula is C7H12N2OS. The van der Waals surface area contributed by atoms with E-state index in [9.17, 15) is 0 Å². The number of rotatable bonds is 1. The third kappa shape index (κ3) is 2.46. The molecule has 0 bridgehead atoms. The Hall–Kier alpha value is -0.640. The van der Waals surface area contributed by atoms with E-state index in [0.717, 1.165) is 18.1 Å². The first-order chi connectivity index (χ1) is 4.99. The summed E-state index contributed by atoms with van der Waals surface area (Å²) in [5.74, 6) is 0.0879. The quantitative estimate of drug-likeness (QED) is 0.703. The van der Waals surface area contributed by atoms with Gasteiger partial charge in [0.2, 0.25) is 5.88 Å². The van der Waals surface area contributed by atoms with E-state index in [0.29, 0.717) is 5.69 Å². The molecule has 0 aliphatic carbocycles. The van der Waals surface area contributed by atoms with Gasteiger partial charge in [0, 0.05) is 6.42 Å². The van der Waals surface area contributed by atoms with Crippen LogP contribution in [0.2, 0.25) is 0 Å². The minimum absolute atomic E-state index is 0.0879. The van der Waals surface area contributed by atoms with E-state index in [1.54, 1.807) is 0 Å². The maximum absolute atomic E-state index is 9.15. The van der Waals surface area contributed by atoms with Gasteiger partial charge in [0.05, 0.1) is 11.7 Å². The molecule has 4 heteroatoms. The van der Waals surface area contributed by atoms with Crippen LogP contribution in [0.15, 0.2) is 0 Å². The van der Waals surface area contributed by atoms with Gasteiger partial charge in [0.1, 0.15) is 5.69 Å². The second kappa shape index (κ2) is 2.77. The van der Waals surface area contributed by atoms with E-state index < -0.39 is 0 Å². The Morgan fingerprint density at radius 1 is 1.36 bits per heavy atom. The fraction of sp³-hybridized carbons (Fsp3) is 0.714. The highest BCUT2D eigenvalue weighted by atomic mass is 32.1. The molecule has 1 N–H and O–H groups in total. The van der Waals surface area contributed by atoms with Crippen LogP contribution in [0.25, 0.3) is 0 Å². The zero-order valence-corrected chi connectivity index (χ0v) is 7.77. The van der Waals surface area contributed by atoms with Gasteiger partial charge in [0.15, 0.2) is 0 Å². The van der Waals surface area contributed by atoms with Gasteiger partial charge in [-0.1, -0.05) is 20.8 Å². The lowest BCUT2D eigenvalue weighted by Crippen LogP contribution is -2.09. The Kier molecular flexibility index (Phi) is 2.13. The number of hydrogen-bond donors (Lipinski definition) is 1. The summed E-state index contributed by atoms with van der Waals surface area (Å²) in [7, 11) is 0. The van der Waals surface area contributed by atoms with Crippen molar-refractivity contribution in [2.24, 2.45) is 5.41 Å². The molecule has 3 nitrogen and oxygen atoms in total. The van der Waals surface area contributed by atoms with Crippen LogP contribution in [-0.4, -0.2) is 13.9 Å². The number of aromatic nitrogens is 2. The van der Waals surface area contributed by atoms with Crippen LogP contribution in [0.3, 0.4) is 0 Å². The minimum Gasteiger partial charge on any atom is -0.491 e. The molecule has 0 aliphatic heterocycles. The van der Waals surface area contributed by atoms with Crippen LogP contribution >= 0.6 is 11.7 Å². The Morgan fingerprint density at radius 3 is 2.36 bits per heavy atom. The van der Waals surface area contributed by atoms with Gasteiger partial charge in [-0.05, 0) is 5.41 Å². The fourth-order valence-corrected chi connectivity index (χ4v) is 1.28. The summed E-state index contributed by atoms with van der Waals surface area (Å²) in [5, 5.41) is 9.15. The molecule has 0 saturated carbocycles. The third-order valence-corrected chi connectivity index (χ3v) is 1.79. The van der Waals surface area contributed by atoms with Gasteiger partial charge in [-0.3, -0.25) is 0 Å². The lowest BCUT2D eigenvalue weighted by atomic mass is 9.91. The minimum atomic E-state index is 0.0879. The van der Waals surface area contributed by atoms with E-state index in [1.165, 1.54) is 0 Å². The molecule has 1 aromatic rings. The predicted molar refractivity (Wildman–Crippen MR) is 44.7 cm³/mol. The van der Waals surface area contributed by atoms with Gasteiger partial charge in [0.25, 0.3) is 0 Å². The molecule has 62 valence electrons. The average Bonchev–Trinajstić information content (AvgIpc) is 2.12. The van der Waals surface area contributed by atoms with E-state index in [2.05, 4.69) is 29.5 Å². The molecule has 0 atom stereocenters. The highest BCUT2D eigenvalue weighted by Crippen LogP contribution is 2.24. The largest absolute Gasteiger partial charge is 0.491 e. The molecule has 0 radical (unpaired) electrons. The highest BCUT2D eigenvalue weighted by molar-refractivity contribution is 6.99. The normalized spacial score (nSPS) is 11.9. The fourth-order valence-electron chi connectivity index (χ4n) is 0.816. The lowest BCUT2D eigenvalue weighted by molar-refractivity contribution is 0.387. The number of nitrogens with zero attached hydrogens (tertiary/aromatic N) is 2. The Balaban J connectivity index is 2.72. The molecular weight excluding hydrogens is 160 g/mol. The number of hydrogen-bond acceptors (Lipinski definition) is 4. The maximum Gasteiger partial charge on any atom is 0.246 e. The van der Waals surface area contributed by atoms with Crippen molar-refractivity contribution < 1.29 is 5.11 Å². The van der Waals surface area contributed by atoms with E-state index in [-0.39, 0.29) is 11.3 Å². The van der Waals surface area contributed by atoms with Crippen LogP contribution in [0.1, 0.15) is 26.5 Å². The second-order valence-electron chi connectivity index (χ2n) is 3.77. The van der Waals surface area contributed by atoms with Crippen molar-refractivity contribution in [1.82, 2.24) is 8.75 Å². The van der Waals surface area contributed by atoms with Crippen molar-refractivity contribution in [3.63, 3.8) is 0 Å². The number of aromatic hydroxyl groups is 1. The molecule has 1 heterocycles. The lowest BCUT2D eigenvalue weighted by Gasteiger charge is -2.15. The standard InChI is InChI=1S/C7H12N2OS/c1-7(2,3)4-5-6(10)9-11-8-5/h4H2,1-3H3,(H,9,10). The first kappa shape index (κ1) is 8.46. The second-order valence-corrected chi connectivity index (χ2v) is 4.30. The Labute approximate surface area is 70.4 Å². The van der Waals surface area contributed by atoms with Gasteiger partial charge < -0.3 is 5.11 Å². The van der Waals surface area contributed by atoms with Gasteiger partial charge in [-0.15, -0.1) is 4.37 Å². The first-order valence-electron chi connectivity index (χ1n) is 3.49. The van der Waals surface area contributed by atoms with Crippen LogP contribution in [0.5, 0.6) is 5.88 Å². The van der Waals surface area contributed by atoms with Crippen LogP contribution in [0.4, 0.5) is 0 Å². The topological polar surface area (TPSA) is 46.0 Å². The molecule has 11 heavy (non-hydrogen) atoms. The molecule has 0 saturated heterocycles. The van der Waals surface area contributed by atoms with Crippen molar-refractivity contribution >= 4 is 11.7 Å². The highest BCUT2D eigenvalue weighted by Gasteiger charge is 2.16. The SMILES string of the molecule is CC(C)(C)Cc1nsnc1O. The summed E-state index contributed by atoms with van der Waals surface area (Å²) < 4.78 is 7.67. The van der Waals surface area contributed by atoms with E-state index in [1.807, 2.05) is 0 Å². The van der Waals surface area contributed by atoms with E-state index in [4.69, 9.17) is 5.11 Å². The Bertz CT molecular complexity index is 239. The van der Waals surface area contributed by atoms with Crippen molar-refractivity contribution in [3.8, 4) is 5.88 Å². The monoisotopic (exact) mass is 172 g/mol. The smallest absolute Gasteiger partial charge is 0.246 e. The molecule has 1 rings (SSSR count). The summed E-state index contributed by atoms with van der Waals surface area (Å²) in [5.41, 5.74) is 0.871. The first-order valence-corrected chi connectivity index (χ1v) is 4.22. The molecule has 0 spiro atoms. The van der Waals surface area contributed by atoms with Crippen molar-refractivity contribution in [1.29, 1.82) is 0 Å². The molecule has 0 aromatic carbocycles. The van der Waals surface area contributed by atoms with Crippen molar-refractivity contribution in [3.05, 3.63) is 5.69 Å². The average molecular weight is 172 g/mol. The third-order valence-electron chi connectivity index (χ3n) is 1.23. The summed E-state index contributed by atoms with van der Waals surface area (Å²) in [6.07, 6.45) is 0.773. The summed E-state index contributed by atoms with van der Waals surface area (Å²) in [4.78, 5) is 0. The van der Waals surface area contributed by atoms with Crippen molar-refractivity contribution in [2.45, 2.75) is 27.2 Å². The maximum atomic E-state index is 9.15. The van der Waals surface area contributed by atoms with Gasteiger partial charge in [-0.2, -0.15) is 4.37 Å². The zero-order valence-electron chi connectivity index (χ0n) is 6.96. The van der Waals surface area contributed by atoms with Crippen LogP contribution in [-0.2, 0) is 6.42 Å². The molecule has 0 fully saturated rings. The summed E-state index contributed by atoms with van der Waals surface area (Å²) in [6, 6.07) is 0. The molecule has 0 amide bonds. The van der Waals surface area contributed by atoms with Crippen molar-refractivity contribution in [2.75, 3.05) is 0 Å². The van der Waals surface area contributed by atoms with Crippen LogP contribution < -0.4 is 0 Å². The molecule has 1 aromatic heterocycles. The van der Waals surface area contributed by atoms with Gasteiger partial charge >= 0.3 is 0 Å². The summed E-state index contributed by atoms with van der Waals surface area (Å²) in [6.45, 7) is 6.31. The van der Waals surface area contributed by atoms with Crippen LogP contribution in [0, 0.1) is 5.41 Å². The van der Waals surface area contributed by atoms with E-state index >= 15 is 0 Å².